The van der Waals surface area contributed by atoms with Crippen LogP contribution in [0.2, 0.25) is 0 Å². The Morgan fingerprint density at radius 1 is 1.20 bits per heavy atom. The van der Waals surface area contributed by atoms with E-state index in [1.54, 1.807) is 0 Å². The number of hydrogen-bond acceptors (Lipinski definition) is 3. The highest BCUT2D eigenvalue weighted by Gasteiger charge is 2.14. The zero-order chi connectivity index (χ0) is 14.1. The van der Waals surface area contributed by atoms with Gasteiger partial charge in [-0.25, -0.2) is 4.98 Å². The molecule has 0 bridgehead atoms. The summed E-state index contributed by atoms with van der Waals surface area (Å²) < 4.78 is 5.90. The van der Waals surface area contributed by atoms with E-state index in [0.29, 0.717) is 16.4 Å². The van der Waals surface area contributed by atoms with Crippen LogP contribution in [0.4, 0.5) is 0 Å². The fourth-order valence-electron chi connectivity index (χ4n) is 2.52. The maximum Gasteiger partial charge on any atom is 0.229 e. The average molecular weight is 284 g/mol. The van der Waals surface area contributed by atoms with Gasteiger partial charge in [0.15, 0.2) is 0 Å². The van der Waals surface area contributed by atoms with Gasteiger partial charge < -0.3 is 10.5 Å². The molecule has 1 heterocycles. The van der Waals surface area contributed by atoms with Crippen LogP contribution >= 0.6 is 12.2 Å². The van der Waals surface area contributed by atoms with Crippen LogP contribution in [0.5, 0.6) is 11.6 Å². The van der Waals surface area contributed by atoms with E-state index in [0.717, 1.165) is 24.3 Å². The molecule has 0 aliphatic heterocycles. The van der Waals surface area contributed by atoms with Gasteiger partial charge in [-0.05, 0) is 61.6 Å². The lowest BCUT2D eigenvalue weighted by Gasteiger charge is -2.11. The quantitative estimate of drug-likeness (QED) is 0.879. The van der Waals surface area contributed by atoms with Crippen molar-refractivity contribution in [2.45, 2.75) is 26.2 Å². The van der Waals surface area contributed by atoms with E-state index in [4.69, 9.17) is 22.7 Å². The van der Waals surface area contributed by atoms with E-state index in [-0.39, 0.29) is 0 Å². The molecule has 1 aliphatic carbocycles. The Labute approximate surface area is 123 Å². The van der Waals surface area contributed by atoms with Crippen molar-refractivity contribution in [2.24, 2.45) is 5.73 Å². The topological polar surface area (TPSA) is 48.1 Å². The Balaban J connectivity index is 1.95. The number of nitrogens with zero attached hydrogens (tertiary/aromatic N) is 1. The molecular weight excluding hydrogens is 268 g/mol. The molecule has 0 radical (unpaired) electrons. The fraction of sp³-hybridized carbons (Fsp3) is 0.250. The van der Waals surface area contributed by atoms with Crippen molar-refractivity contribution in [1.29, 1.82) is 0 Å². The number of thiocarbonyl (C=S) groups is 1. The van der Waals surface area contributed by atoms with Crippen LogP contribution in [0, 0.1) is 6.92 Å². The minimum Gasteiger partial charge on any atom is -0.438 e. The van der Waals surface area contributed by atoms with Crippen LogP contribution in [0.15, 0.2) is 30.3 Å². The SMILES string of the molecule is Cc1ccc(C(N)=S)c(Oc2ccc3c(c2)CCC3)n1. The second-order valence-corrected chi connectivity index (χ2v) is 5.50. The summed E-state index contributed by atoms with van der Waals surface area (Å²) in [6.45, 7) is 1.92. The molecular formula is C16H16N2OS. The van der Waals surface area contributed by atoms with E-state index in [1.165, 1.54) is 17.5 Å². The van der Waals surface area contributed by atoms with Gasteiger partial charge in [-0.15, -0.1) is 0 Å². The largest absolute Gasteiger partial charge is 0.438 e. The molecule has 1 aromatic heterocycles. The van der Waals surface area contributed by atoms with Gasteiger partial charge in [0, 0.05) is 5.69 Å². The second-order valence-electron chi connectivity index (χ2n) is 5.06. The molecule has 0 saturated carbocycles. The zero-order valence-electron chi connectivity index (χ0n) is 11.3. The van der Waals surface area contributed by atoms with Gasteiger partial charge in [0.05, 0.1) is 5.56 Å². The fourth-order valence-corrected chi connectivity index (χ4v) is 2.68. The number of pyridine rings is 1. The Bertz CT molecular complexity index is 682. The number of hydrogen-bond donors (Lipinski definition) is 1. The summed E-state index contributed by atoms with van der Waals surface area (Å²) in [6, 6.07) is 9.94. The lowest BCUT2D eigenvalue weighted by molar-refractivity contribution is 0.460. The first-order valence-electron chi connectivity index (χ1n) is 6.70. The van der Waals surface area contributed by atoms with Gasteiger partial charge in [0.25, 0.3) is 0 Å². The summed E-state index contributed by atoms with van der Waals surface area (Å²) >= 11 is 5.05. The highest BCUT2D eigenvalue weighted by Crippen LogP contribution is 2.29. The molecule has 4 heteroatoms. The van der Waals surface area contributed by atoms with Crippen molar-refractivity contribution in [3.63, 3.8) is 0 Å². The lowest BCUT2D eigenvalue weighted by atomic mass is 10.1. The normalized spacial score (nSPS) is 13.1. The second kappa shape index (κ2) is 5.21. The Morgan fingerprint density at radius 3 is 2.80 bits per heavy atom. The van der Waals surface area contributed by atoms with Crippen LogP contribution < -0.4 is 10.5 Å². The maximum atomic E-state index is 5.90. The van der Waals surface area contributed by atoms with Gasteiger partial charge >= 0.3 is 0 Å². The van der Waals surface area contributed by atoms with Crippen LogP contribution in [0.3, 0.4) is 0 Å². The van der Waals surface area contributed by atoms with Gasteiger partial charge in [0.1, 0.15) is 10.7 Å². The average Bonchev–Trinajstić information content (AvgIpc) is 2.85. The molecule has 3 nitrogen and oxygen atoms in total. The van der Waals surface area contributed by atoms with Crippen LogP contribution in [0.1, 0.15) is 28.8 Å². The third kappa shape index (κ3) is 2.51. The molecule has 0 fully saturated rings. The van der Waals surface area contributed by atoms with E-state index in [9.17, 15) is 0 Å². The maximum absolute atomic E-state index is 5.90. The first kappa shape index (κ1) is 13.1. The summed E-state index contributed by atoms with van der Waals surface area (Å²) in [5.41, 5.74) is 10.1. The molecule has 0 saturated heterocycles. The summed E-state index contributed by atoms with van der Waals surface area (Å²) in [5, 5.41) is 0. The van der Waals surface area contributed by atoms with Crippen LogP contribution in [-0.2, 0) is 12.8 Å². The predicted octanol–water partition coefficient (Wildman–Crippen LogP) is 3.31. The molecule has 102 valence electrons. The van der Waals surface area contributed by atoms with Gasteiger partial charge in [-0.2, -0.15) is 0 Å². The number of ether oxygens (including phenoxy) is 1. The van der Waals surface area contributed by atoms with Crippen molar-refractivity contribution >= 4 is 17.2 Å². The predicted molar refractivity (Wildman–Crippen MR) is 83.4 cm³/mol. The first-order chi connectivity index (χ1) is 9.63. The van der Waals surface area contributed by atoms with E-state index in [1.807, 2.05) is 25.1 Å². The molecule has 2 N–H and O–H groups in total. The lowest BCUT2D eigenvalue weighted by Crippen LogP contribution is -2.12. The Hall–Kier alpha value is -1.94. The summed E-state index contributed by atoms with van der Waals surface area (Å²) in [6.07, 6.45) is 3.51. The van der Waals surface area contributed by atoms with Crippen LogP contribution in [0.25, 0.3) is 0 Å². The molecule has 1 aliphatic rings. The van der Waals surface area contributed by atoms with E-state index in [2.05, 4.69) is 17.1 Å². The van der Waals surface area contributed by atoms with Crippen molar-refractivity contribution in [1.82, 2.24) is 4.98 Å². The van der Waals surface area contributed by atoms with E-state index < -0.39 is 0 Å². The van der Waals surface area contributed by atoms with E-state index >= 15 is 0 Å². The number of rotatable bonds is 3. The number of nitrogens with two attached hydrogens (primary N) is 1. The first-order valence-corrected chi connectivity index (χ1v) is 7.11. The summed E-state index contributed by atoms with van der Waals surface area (Å²) in [5.74, 6) is 1.27. The molecule has 0 amide bonds. The number of aromatic nitrogens is 1. The van der Waals surface area contributed by atoms with Crippen LogP contribution in [-0.4, -0.2) is 9.97 Å². The van der Waals surface area contributed by atoms with Gasteiger partial charge in [-0.1, -0.05) is 18.3 Å². The molecule has 20 heavy (non-hydrogen) atoms. The van der Waals surface area contributed by atoms with Crippen molar-refractivity contribution in [2.75, 3.05) is 0 Å². The Kier molecular flexibility index (Phi) is 3.40. The number of fused-ring (bicyclic) bond motifs is 1. The van der Waals surface area contributed by atoms with Gasteiger partial charge in [-0.3, -0.25) is 0 Å². The molecule has 1 aromatic carbocycles. The number of benzene rings is 1. The standard InChI is InChI=1S/C16H16N2OS/c1-10-5-8-14(15(17)20)16(18-10)19-13-7-6-11-3-2-4-12(11)9-13/h5-9H,2-4H2,1H3,(H2,17,20). The molecule has 0 spiro atoms. The third-order valence-electron chi connectivity index (χ3n) is 3.55. The van der Waals surface area contributed by atoms with Crippen molar-refractivity contribution in [3.8, 4) is 11.6 Å². The molecule has 2 aromatic rings. The third-order valence-corrected chi connectivity index (χ3v) is 3.77. The summed E-state index contributed by atoms with van der Waals surface area (Å²) in [4.78, 5) is 4.69. The smallest absolute Gasteiger partial charge is 0.229 e. The highest BCUT2D eigenvalue weighted by atomic mass is 32.1. The molecule has 3 rings (SSSR count). The molecule has 0 unspecified atom stereocenters. The Morgan fingerprint density at radius 2 is 2.00 bits per heavy atom. The van der Waals surface area contributed by atoms with Crippen molar-refractivity contribution in [3.05, 3.63) is 52.7 Å². The minimum atomic E-state index is 0.300. The van der Waals surface area contributed by atoms with Gasteiger partial charge in [0.2, 0.25) is 5.88 Å². The number of aryl methyl sites for hydroxylation is 3. The highest BCUT2D eigenvalue weighted by molar-refractivity contribution is 7.80. The van der Waals surface area contributed by atoms with Crippen molar-refractivity contribution < 1.29 is 4.74 Å². The monoisotopic (exact) mass is 284 g/mol. The molecule has 0 atom stereocenters. The minimum absolute atomic E-state index is 0.300. The zero-order valence-corrected chi connectivity index (χ0v) is 12.2. The summed E-state index contributed by atoms with van der Waals surface area (Å²) in [7, 11) is 0.